The summed E-state index contributed by atoms with van der Waals surface area (Å²) >= 11 is 1.34. The second kappa shape index (κ2) is 9.55. The van der Waals surface area contributed by atoms with Gasteiger partial charge in [0, 0.05) is 78.1 Å². The molecule has 1 unspecified atom stereocenters. The van der Waals surface area contributed by atoms with Crippen LogP contribution in [-0.4, -0.2) is 69.8 Å². The summed E-state index contributed by atoms with van der Waals surface area (Å²) < 4.78 is 39.5. The molecule has 0 radical (unpaired) electrons. The molecule has 2 saturated heterocycles. The van der Waals surface area contributed by atoms with Crippen LogP contribution in [0.5, 0.6) is 0 Å². The van der Waals surface area contributed by atoms with Gasteiger partial charge in [0.1, 0.15) is 0 Å². The van der Waals surface area contributed by atoms with Gasteiger partial charge in [0.15, 0.2) is 5.01 Å². The molecule has 38 heavy (non-hydrogen) atoms. The molecule has 2 N–H and O–H groups in total. The van der Waals surface area contributed by atoms with Gasteiger partial charge in [0.25, 0.3) is 11.8 Å². The number of likely N-dealkylation sites (tertiary alicyclic amines) is 2. The lowest BCUT2D eigenvalue weighted by molar-refractivity contribution is -0.137. The number of benzene rings is 2. The van der Waals surface area contributed by atoms with Crippen LogP contribution in [0.2, 0.25) is 0 Å². The first-order valence-corrected chi connectivity index (χ1v) is 13.2. The molecule has 0 aliphatic carbocycles. The molecule has 0 bridgehead atoms. The summed E-state index contributed by atoms with van der Waals surface area (Å²) in [5.74, 6) is -0.127. The number of nitrogens with zero attached hydrogens (tertiary/aromatic N) is 3. The van der Waals surface area contributed by atoms with E-state index in [0.717, 1.165) is 23.9 Å². The number of hydrogen-bond acceptors (Lipinski definition) is 5. The van der Waals surface area contributed by atoms with Crippen LogP contribution in [0.1, 0.15) is 32.1 Å². The Morgan fingerprint density at radius 3 is 2.61 bits per heavy atom. The number of aromatic amines is 1. The first-order chi connectivity index (χ1) is 18.3. The Kier molecular flexibility index (Phi) is 6.19. The molecule has 2 amide bonds. The maximum atomic E-state index is 13.2. The fourth-order valence-corrected chi connectivity index (χ4v) is 5.77. The molecular weight excluding hydrogens is 515 g/mol. The second-order valence-corrected chi connectivity index (χ2v) is 10.6. The van der Waals surface area contributed by atoms with Crippen LogP contribution >= 0.6 is 11.3 Å². The molecular formula is C27H24F3N5O2S. The average molecular weight is 540 g/mol. The first kappa shape index (κ1) is 24.6. The van der Waals surface area contributed by atoms with Gasteiger partial charge in [0.05, 0.1) is 5.56 Å². The normalized spacial score (nSPS) is 18.2. The molecule has 4 heterocycles. The van der Waals surface area contributed by atoms with Crippen molar-refractivity contribution in [2.45, 2.75) is 24.7 Å². The number of halogens is 3. The molecule has 2 aromatic heterocycles. The number of carbonyl (C=O) groups excluding carboxylic acids is 2. The van der Waals surface area contributed by atoms with Gasteiger partial charge in [-0.1, -0.05) is 18.2 Å². The van der Waals surface area contributed by atoms with Gasteiger partial charge in [-0.3, -0.25) is 9.59 Å². The number of alkyl halides is 3. The van der Waals surface area contributed by atoms with Crippen LogP contribution in [-0.2, 0) is 6.18 Å². The Hall–Kier alpha value is -3.70. The standard InChI is InChI=1S/C27H24F3N5O2S/c28-27(29,30)18-3-1-2-16(10-18)22-12-32-23-11-17(4-5-21(22)23)25(36)35-14-20(15-35)33-19-6-8-34(13-19)26(37)24-31-7-9-38-24/h1-5,7,9-12,19-20,32-33H,6,8,13-15H2. The van der Waals surface area contributed by atoms with E-state index in [9.17, 15) is 22.8 Å². The van der Waals surface area contributed by atoms with Crippen molar-refractivity contribution < 1.29 is 22.8 Å². The van der Waals surface area contributed by atoms with E-state index >= 15 is 0 Å². The highest BCUT2D eigenvalue weighted by molar-refractivity contribution is 7.11. The number of H-pyrrole nitrogens is 1. The number of rotatable bonds is 5. The highest BCUT2D eigenvalue weighted by atomic mass is 32.1. The van der Waals surface area contributed by atoms with Crippen LogP contribution in [0, 0.1) is 0 Å². The zero-order valence-electron chi connectivity index (χ0n) is 20.2. The van der Waals surface area contributed by atoms with Crippen molar-refractivity contribution in [3.63, 3.8) is 0 Å². The van der Waals surface area contributed by atoms with E-state index in [1.165, 1.54) is 17.4 Å². The number of aromatic nitrogens is 2. The number of fused-ring (bicyclic) bond motifs is 1. The quantitative estimate of drug-likeness (QED) is 0.387. The molecule has 6 rings (SSSR count). The van der Waals surface area contributed by atoms with Gasteiger partial charge in [0.2, 0.25) is 0 Å². The SMILES string of the molecule is O=C(c1ccc2c(-c3cccc(C(F)(F)F)c3)c[nH]c2c1)N1CC(NC2CCN(C(=O)c3nccs3)C2)C1. The van der Waals surface area contributed by atoms with E-state index in [-0.39, 0.29) is 23.9 Å². The highest BCUT2D eigenvalue weighted by Crippen LogP contribution is 2.35. The monoisotopic (exact) mass is 539 g/mol. The molecule has 0 spiro atoms. The van der Waals surface area contributed by atoms with Crippen molar-refractivity contribution in [1.29, 1.82) is 0 Å². The van der Waals surface area contributed by atoms with E-state index in [4.69, 9.17) is 0 Å². The minimum absolute atomic E-state index is 0.0364. The summed E-state index contributed by atoms with van der Waals surface area (Å²) in [5.41, 5.74) is 1.62. The summed E-state index contributed by atoms with van der Waals surface area (Å²) in [6.45, 7) is 2.46. The zero-order valence-corrected chi connectivity index (χ0v) is 21.0. The van der Waals surface area contributed by atoms with Gasteiger partial charge in [-0.25, -0.2) is 4.98 Å². The van der Waals surface area contributed by atoms with Gasteiger partial charge < -0.3 is 20.1 Å². The summed E-state index contributed by atoms with van der Waals surface area (Å²) in [6, 6.07) is 10.8. The van der Waals surface area contributed by atoms with Crippen molar-refractivity contribution in [3.8, 4) is 11.1 Å². The molecule has 2 aliphatic heterocycles. The lowest BCUT2D eigenvalue weighted by atomic mass is 10.0. The number of nitrogens with one attached hydrogen (secondary N) is 2. The molecule has 196 valence electrons. The molecule has 4 aromatic rings. The average Bonchev–Trinajstić information content (AvgIpc) is 3.65. The van der Waals surface area contributed by atoms with Crippen molar-refractivity contribution in [3.05, 3.63) is 76.4 Å². The van der Waals surface area contributed by atoms with Crippen molar-refractivity contribution in [1.82, 2.24) is 25.1 Å². The lowest BCUT2D eigenvalue weighted by Gasteiger charge is -2.41. The van der Waals surface area contributed by atoms with E-state index in [2.05, 4.69) is 15.3 Å². The fraction of sp³-hybridized carbons (Fsp3) is 0.296. The Bertz CT molecular complexity index is 1490. The van der Waals surface area contributed by atoms with E-state index in [0.29, 0.717) is 53.4 Å². The van der Waals surface area contributed by atoms with Crippen LogP contribution in [0.25, 0.3) is 22.0 Å². The van der Waals surface area contributed by atoms with Crippen molar-refractivity contribution in [2.24, 2.45) is 0 Å². The third-order valence-corrected chi connectivity index (χ3v) is 7.92. The van der Waals surface area contributed by atoms with E-state index in [1.54, 1.807) is 46.9 Å². The Morgan fingerprint density at radius 2 is 1.84 bits per heavy atom. The Balaban J connectivity index is 1.07. The van der Waals surface area contributed by atoms with Crippen LogP contribution in [0.3, 0.4) is 0 Å². The van der Waals surface area contributed by atoms with Crippen LogP contribution < -0.4 is 5.32 Å². The number of amides is 2. The Morgan fingerprint density at radius 1 is 1.03 bits per heavy atom. The topological polar surface area (TPSA) is 81.3 Å². The van der Waals surface area contributed by atoms with Gasteiger partial charge in [-0.2, -0.15) is 13.2 Å². The molecule has 0 saturated carbocycles. The number of thiazole rings is 1. The largest absolute Gasteiger partial charge is 0.416 e. The van der Waals surface area contributed by atoms with Crippen LogP contribution in [0.15, 0.2) is 60.2 Å². The van der Waals surface area contributed by atoms with Crippen molar-refractivity contribution >= 4 is 34.1 Å². The number of carbonyl (C=O) groups is 2. The van der Waals surface area contributed by atoms with E-state index < -0.39 is 11.7 Å². The molecule has 2 fully saturated rings. The third-order valence-electron chi connectivity index (χ3n) is 7.16. The minimum atomic E-state index is -4.41. The molecule has 2 aromatic carbocycles. The van der Waals surface area contributed by atoms with Crippen LogP contribution in [0.4, 0.5) is 13.2 Å². The third kappa shape index (κ3) is 4.67. The molecule has 11 heteroatoms. The smallest absolute Gasteiger partial charge is 0.361 e. The van der Waals surface area contributed by atoms with Gasteiger partial charge in [-0.05, 0) is 36.2 Å². The number of hydrogen-bond donors (Lipinski definition) is 2. The fourth-order valence-electron chi connectivity index (χ4n) is 5.17. The van der Waals surface area contributed by atoms with E-state index in [1.807, 2.05) is 4.90 Å². The first-order valence-electron chi connectivity index (χ1n) is 12.3. The maximum absolute atomic E-state index is 13.2. The molecule has 7 nitrogen and oxygen atoms in total. The Labute approximate surface area is 220 Å². The summed E-state index contributed by atoms with van der Waals surface area (Å²) in [7, 11) is 0. The highest BCUT2D eigenvalue weighted by Gasteiger charge is 2.36. The van der Waals surface area contributed by atoms with Gasteiger partial charge >= 0.3 is 6.18 Å². The predicted molar refractivity (Wildman–Crippen MR) is 138 cm³/mol. The zero-order chi connectivity index (χ0) is 26.4. The second-order valence-electron chi connectivity index (χ2n) is 9.69. The lowest BCUT2D eigenvalue weighted by Crippen LogP contribution is -2.62. The summed E-state index contributed by atoms with van der Waals surface area (Å²) in [4.78, 5) is 36.3. The molecule has 1 atom stereocenters. The molecule has 2 aliphatic rings. The maximum Gasteiger partial charge on any atom is 0.416 e. The summed E-state index contributed by atoms with van der Waals surface area (Å²) in [6.07, 6.45) is -0.254. The van der Waals surface area contributed by atoms with Crippen molar-refractivity contribution in [2.75, 3.05) is 26.2 Å². The minimum Gasteiger partial charge on any atom is -0.361 e. The summed E-state index contributed by atoms with van der Waals surface area (Å²) in [5, 5.41) is 6.61. The van der Waals surface area contributed by atoms with Gasteiger partial charge in [-0.15, -0.1) is 11.3 Å². The predicted octanol–water partition coefficient (Wildman–Crippen LogP) is 4.64.